The molecule has 0 atom stereocenters. The van der Waals surface area contributed by atoms with E-state index in [0.717, 1.165) is 19.6 Å². The van der Waals surface area contributed by atoms with E-state index < -0.39 is 0 Å². The summed E-state index contributed by atoms with van der Waals surface area (Å²) in [5.74, 6) is -0.315. The zero-order valence-corrected chi connectivity index (χ0v) is 12.1. The van der Waals surface area contributed by atoms with Crippen molar-refractivity contribution in [3.8, 4) is 0 Å². The Morgan fingerprint density at radius 1 is 1.32 bits per heavy atom. The van der Waals surface area contributed by atoms with Crippen molar-refractivity contribution >= 4 is 29.0 Å². The Bertz CT molecular complexity index is 449. The SMILES string of the molecule is CCN(CC)CCOC(=O)c1ccc(N=C=S)cc1. The van der Waals surface area contributed by atoms with Crippen LogP contribution in [0.15, 0.2) is 29.3 Å². The molecule has 19 heavy (non-hydrogen) atoms. The topological polar surface area (TPSA) is 41.9 Å². The second kappa shape index (κ2) is 8.53. The molecule has 0 amide bonds. The Labute approximate surface area is 119 Å². The van der Waals surface area contributed by atoms with Gasteiger partial charge in [-0.15, -0.1) is 0 Å². The Morgan fingerprint density at radius 2 is 1.95 bits per heavy atom. The van der Waals surface area contributed by atoms with Crippen molar-refractivity contribution < 1.29 is 9.53 Å². The molecule has 102 valence electrons. The van der Waals surface area contributed by atoms with Crippen molar-refractivity contribution in [2.24, 2.45) is 4.99 Å². The summed E-state index contributed by atoms with van der Waals surface area (Å²) in [4.78, 5) is 17.8. The molecule has 0 radical (unpaired) electrons. The normalized spacial score (nSPS) is 10.1. The average Bonchev–Trinajstić information content (AvgIpc) is 2.44. The smallest absolute Gasteiger partial charge is 0.338 e. The summed E-state index contributed by atoms with van der Waals surface area (Å²) in [5, 5.41) is 2.28. The van der Waals surface area contributed by atoms with Gasteiger partial charge in [-0.2, -0.15) is 4.99 Å². The number of esters is 1. The first-order chi connectivity index (χ1) is 9.21. The van der Waals surface area contributed by atoms with Crippen LogP contribution in [0.25, 0.3) is 0 Å². The molecule has 0 aliphatic rings. The monoisotopic (exact) mass is 278 g/mol. The van der Waals surface area contributed by atoms with Crippen LogP contribution >= 0.6 is 12.2 Å². The highest BCUT2D eigenvalue weighted by Gasteiger charge is 2.07. The van der Waals surface area contributed by atoms with Crippen LogP contribution in [0, 0.1) is 0 Å². The molecular weight excluding hydrogens is 260 g/mol. The summed E-state index contributed by atoms with van der Waals surface area (Å²) in [6.45, 7) is 7.24. The first-order valence-electron chi connectivity index (χ1n) is 6.28. The van der Waals surface area contributed by atoms with Crippen molar-refractivity contribution in [1.29, 1.82) is 0 Å². The first kappa shape index (κ1) is 15.5. The molecule has 0 N–H and O–H groups in total. The summed E-state index contributed by atoms with van der Waals surface area (Å²) >= 11 is 4.51. The summed E-state index contributed by atoms with van der Waals surface area (Å²) in [6.07, 6.45) is 0. The molecule has 0 saturated carbocycles. The molecule has 0 aliphatic heterocycles. The highest BCUT2D eigenvalue weighted by Crippen LogP contribution is 2.12. The summed E-state index contributed by atoms with van der Waals surface area (Å²) in [5.41, 5.74) is 1.19. The Morgan fingerprint density at radius 3 is 2.47 bits per heavy atom. The number of rotatable bonds is 7. The van der Waals surface area contributed by atoms with Gasteiger partial charge in [0.1, 0.15) is 6.61 Å². The summed E-state index contributed by atoms with van der Waals surface area (Å²) in [6, 6.07) is 6.76. The highest BCUT2D eigenvalue weighted by molar-refractivity contribution is 7.78. The van der Waals surface area contributed by atoms with E-state index in [2.05, 4.69) is 41.1 Å². The molecule has 4 nitrogen and oxygen atoms in total. The second-order valence-corrected chi connectivity index (χ2v) is 4.10. The fraction of sp³-hybridized carbons (Fsp3) is 0.429. The maximum Gasteiger partial charge on any atom is 0.338 e. The third-order valence-corrected chi connectivity index (χ3v) is 2.90. The maximum absolute atomic E-state index is 11.8. The van der Waals surface area contributed by atoms with Crippen LogP contribution in [-0.2, 0) is 4.74 Å². The van der Waals surface area contributed by atoms with Gasteiger partial charge in [0.05, 0.1) is 16.4 Å². The van der Waals surface area contributed by atoms with E-state index in [1.807, 2.05) is 0 Å². The molecule has 0 fully saturated rings. The van der Waals surface area contributed by atoms with E-state index in [1.54, 1.807) is 24.3 Å². The Balaban J connectivity index is 2.47. The maximum atomic E-state index is 11.8. The van der Waals surface area contributed by atoms with Gasteiger partial charge in [0.2, 0.25) is 0 Å². The largest absolute Gasteiger partial charge is 0.461 e. The van der Waals surface area contributed by atoms with Crippen molar-refractivity contribution in [2.45, 2.75) is 13.8 Å². The number of nitrogens with zero attached hydrogens (tertiary/aromatic N) is 2. The molecule has 0 aliphatic carbocycles. The van der Waals surface area contributed by atoms with Crippen LogP contribution in [-0.4, -0.2) is 42.3 Å². The van der Waals surface area contributed by atoms with Gasteiger partial charge in [-0.1, -0.05) is 13.8 Å². The number of thiocarbonyl (C=S) groups is 1. The molecule has 0 bridgehead atoms. The zero-order chi connectivity index (χ0) is 14.1. The van der Waals surface area contributed by atoms with Gasteiger partial charge in [0, 0.05) is 6.54 Å². The van der Waals surface area contributed by atoms with Gasteiger partial charge in [0.15, 0.2) is 0 Å². The lowest BCUT2D eigenvalue weighted by atomic mass is 10.2. The van der Waals surface area contributed by atoms with E-state index in [1.165, 1.54) is 0 Å². The lowest BCUT2D eigenvalue weighted by Gasteiger charge is -2.17. The van der Waals surface area contributed by atoms with Gasteiger partial charge < -0.3 is 9.64 Å². The lowest BCUT2D eigenvalue weighted by Crippen LogP contribution is -2.27. The van der Waals surface area contributed by atoms with E-state index in [4.69, 9.17) is 4.74 Å². The van der Waals surface area contributed by atoms with E-state index >= 15 is 0 Å². The Hall–Kier alpha value is -1.55. The molecule has 0 aromatic heterocycles. The van der Waals surface area contributed by atoms with Crippen LogP contribution in [0.3, 0.4) is 0 Å². The number of benzene rings is 1. The number of isothiocyanates is 1. The van der Waals surface area contributed by atoms with Crippen LogP contribution in [0.1, 0.15) is 24.2 Å². The second-order valence-electron chi connectivity index (χ2n) is 3.91. The van der Waals surface area contributed by atoms with Crippen molar-refractivity contribution in [3.63, 3.8) is 0 Å². The van der Waals surface area contributed by atoms with Crippen LogP contribution in [0.2, 0.25) is 0 Å². The number of aliphatic imine (C=N–C) groups is 1. The summed E-state index contributed by atoms with van der Waals surface area (Å²) < 4.78 is 5.21. The number of carbonyl (C=O) groups excluding carboxylic acids is 1. The van der Waals surface area contributed by atoms with Crippen molar-refractivity contribution in [2.75, 3.05) is 26.2 Å². The van der Waals surface area contributed by atoms with E-state index in [0.29, 0.717) is 17.9 Å². The molecule has 0 unspecified atom stereocenters. The average molecular weight is 278 g/mol. The number of carbonyl (C=O) groups is 1. The van der Waals surface area contributed by atoms with Gasteiger partial charge in [-0.3, -0.25) is 0 Å². The number of hydrogen-bond acceptors (Lipinski definition) is 5. The third-order valence-electron chi connectivity index (χ3n) is 2.81. The minimum Gasteiger partial charge on any atom is -0.461 e. The number of likely N-dealkylation sites (N-methyl/N-ethyl adjacent to an activating group) is 1. The van der Waals surface area contributed by atoms with Gasteiger partial charge in [-0.25, -0.2) is 4.79 Å². The molecular formula is C14H18N2O2S. The quantitative estimate of drug-likeness (QED) is 0.437. The number of hydrogen-bond donors (Lipinski definition) is 0. The van der Waals surface area contributed by atoms with Crippen LogP contribution < -0.4 is 0 Å². The van der Waals surface area contributed by atoms with E-state index in [-0.39, 0.29) is 5.97 Å². The standard InChI is InChI=1S/C14H18N2O2S/c1-3-16(4-2)9-10-18-14(17)12-5-7-13(8-6-12)15-11-19/h5-8H,3-4,9-10H2,1-2H3. The third kappa shape index (κ3) is 5.30. The first-order valence-corrected chi connectivity index (χ1v) is 6.69. The minimum atomic E-state index is -0.315. The van der Waals surface area contributed by atoms with E-state index in [9.17, 15) is 4.79 Å². The molecule has 1 rings (SSSR count). The van der Waals surface area contributed by atoms with Crippen LogP contribution in [0.5, 0.6) is 0 Å². The summed E-state index contributed by atoms with van der Waals surface area (Å²) in [7, 11) is 0. The molecule has 0 saturated heterocycles. The molecule has 5 heteroatoms. The van der Waals surface area contributed by atoms with Gasteiger partial charge >= 0.3 is 5.97 Å². The van der Waals surface area contributed by atoms with Crippen molar-refractivity contribution in [3.05, 3.63) is 29.8 Å². The fourth-order valence-electron chi connectivity index (χ4n) is 1.62. The predicted molar refractivity (Wildman–Crippen MR) is 79.2 cm³/mol. The molecule has 0 heterocycles. The fourth-order valence-corrected chi connectivity index (χ4v) is 1.72. The minimum absolute atomic E-state index is 0.315. The molecule has 0 spiro atoms. The predicted octanol–water partition coefficient (Wildman–Crippen LogP) is 2.92. The number of ether oxygens (including phenoxy) is 1. The van der Waals surface area contributed by atoms with Crippen LogP contribution in [0.4, 0.5) is 5.69 Å². The van der Waals surface area contributed by atoms with Gasteiger partial charge in [0.25, 0.3) is 0 Å². The zero-order valence-electron chi connectivity index (χ0n) is 11.3. The highest BCUT2D eigenvalue weighted by atomic mass is 32.1. The molecule has 1 aromatic rings. The Kier molecular flexibility index (Phi) is 6.97. The molecule has 1 aromatic carbocycles. The lowest BCUT2D eigenvalue weighted by molar-refractivity contribution is 0.0466. The van der Waals surface area contributed by atoms with Crippen molar-refractivity contribution in [1.82, 2.24) is 4.90 Å². The van der Waals surface area contributed by atoms with Gasteiger partial charge in [-0.05, 0) is 49.6 Å².